The van der Waals surface area contributed by atoms with Crippen LogP contribution in [0.3, 0.4) is 0 Å². The molecule has 7 heteroatoms. The van der Waals surface area contributed by atoms with E-state index >= 15 is 0 Å². The van der Waals surface area contributed by atoms with Crippen molar-refractivity contribution in [2.24, 2.45) is 0 Å². The Kier molecular flexibility index (Phi) is 5.14. The van der Waals surface area contributed by atoms with Crippen LogP contribution in [0, 0.1) is 10.1 Å². The highest BCUT2D eigenvalue weighted by atomic mass is 35.5. The number of pyridine rings is 1. The number of hydrogen-bond acceptors (Lipinski definition) is 5. The second-order valence-corrected chi connectivity index (χ2v) is 5.36. The summed E-state index contributed by atoms with van der Waals surface area (Å²) in [5.41, 5.74) is -0.0723. The second kappa shape index (κ2) is 6.85. The standard InChI is InChI=1S/C13H19ClN4O2/c1-2-6-17(10-4-3-5-15-8-10)13-12(14)7-11(9-16-13)18(19)20/h7,9-10,15H,2-6,8H2,1H3. The highest BCUT2D eigenvalue weighted by molar-refractivity contribution is 6.33. The van der Waals surface area contributed by atoms with Crippen LogP contribution in [0.5, 0.6) is 0 Å². The number of aromatic nitrogens is 1. The van der Waals surface area contributed by atoms with E-state index in [2.05, 4.69) is 22.1 Å². The molecule has 0 aromatic carbocycles. The molecule has 0 saturated carbocycles. The molecular weight excluding hydrogens is 280 g/mol. The van der Waals surface area contributed by atoms with Crippen molar-refractivity contribution in [3.05, 3.63) is 27.4 Å². The molecule has 0 amide bonds. The lowest BCUT2D eigenvalue weighted by molar-refractivity contribution is -0.385. The lowest BCUT2D eigenvalue weighted by Gasteiger charge is -2.35. The largest absolute Gasteiger partial charge is 0.351 e. The number of anilines is 1. The van der Waals surface area contributed by atoms with E-state index in [0.717, 1.165) is 38.9 Å². The van der Waals surface area contributed by atoms with Crippen molar-refractivity contribution in [3.8, 4) is 0 Å². The lowest BCUT2D eigenvalue weighted by atomic mass is 10.1. The van der Waals surface area contributed by atoms with Crippen molar-refractivity contribution in [2.75, 3.05) is 24.5 Å². The Hall–Kier alpha value is -1.40. The zero-order valence-electron chi connectivity index (χ0n) is 11.5. The van der Waals surface area contributed by atoms with Crippen LogP contribution in [0.2, 0.25) is 5.02 Å². The Balaban J connectivity index is 2.26. The van der Waals surface area contributed by atoms with Gasteiger partial charge in [-0.1, -0.05) is 18.5 Å². The number of rotatable bonds is 5. The minimum absolute atomic E-state index is 0.0723. The normalized spacial score (nSPS) is 18.8. The highest BCUT2D eigenvalue weighted by Crippen LogP contribution is 2.29. The summed E-state index contributed by atoms with van der Waals surface area (Å²) >= 11 is 6.19. The first kappa shape index (κ1) is 15.0. The topological polar surface area (TPSA) is 71.3 Å². The van der Waals surface area contributed by atoms with Crippen LogP contribution in [0.1, 0.15) is 26.2 Å². The number of nitrogens with one attached hydrogen (secondary N) is 1. The SMILES string of the molecule is CCCN(c1ncc([N+](=O)[O-])cc1Cl)C1CCCNC1. The van der Waals surface area contributed by atoms with Crippen LogP contribution >= 0.6 is 11.6 Å². The Morgan fingerprint density at radius 3 is 3.00 bits per heavy atom. The van der Waals surface area contributed by atoms with Gasteiger partial charge in [-0.05, 0) is 25.8 Å². The molecule has 20 heavy (non-hydrogen) atoms. The third kappa shape index (κ3) is 3.37. The molecule has 110 valence electrons. The van der Waals surface area contributed by atoms with E-state index in [1.807, 2.05) is 0 Å². The minimum Gasteiger partial charge on any atom is -0.351 e. The first-order valence-corrected chi connectivity index (χ1v) is 7.28. The zero-order chi connectivity index (χ0) is 14.5. The van der Waals surface area contributed by atoms with E-state index in [1.54, 1.807) is 0 Å². The Morgan fingerprint density at radius 1 is 1.65 bits per heavy atom. The van der Waals surface area contributed by atoms with Gasteiger partial charge in [0.05, 0.1) is 9.95 Å². The molecular formula is C13H19ClN4O2. The van der Waals surface area contributed by atoms with Crippen LogP contribution < -0.4 is 10.2 Å². The predicted molar refractivity (Wildman–Crippen MR) is 79.4 cm³/mol. The monoisotopic (exact) mass is 298 g/mol. The van der Waals surface area contributed by atoms with Crippen molar-refractivity contribution in [1.29, 1.82) is 0 Å². The van der Waals surface area contributed by atoms with Crippen molar-refractivity contribution in [1.82, 2.24) is 10.3 Å². The van der Waals surface area contributed by atoms with E-state index in [4.69, 9.17) is 11.6 Å². The van der Waals surface area contributed by atoms with Gasteiger partial charge in [0.2, 0.25) is 0 Å². The fourth-order valence-corrected chi connectivity index (χ4v) is 2.80. The van der Waals surface area contributed by atoms with Gasteiger partial charge < -0.3 is 10.2 Å². The summed E-state index contributed by atoms with van der Waals surface area (Å²) in [4.78, 5) is 16.7. The summed E-state index contributed by atoms with van der Waals surface area (Å²) in [7, 11) is 0. The first-order chi connectivity index (χ1) is 9.63. The van der Waals surface area contributed by atoms with Crippen LogP contribution in [0.15, 0.2) is 12.3 Å². The number of halogens is 1. The molecule has 1 aromatic rings. The molecule has 1 unspecified atom stereocenters. The van der Waals surface area contributed by atoms with Gasteiger partial charge in [-0.3, -0.25) is 10.1 Å². The average molecular weight is 299 g/mol. The van der Waals surface area contributed by atoms with Crippen molar-refractivity contribution >= 4 is 23.1 Å². The lowest BCUT2D eigenvalue weighted by Crippen LogP contribution is -2.47. The molecule has 1 aromatic heterocycles. The van der Waals surface area contributed by atoms with E-state index in [-0.39, 0.29) is 5.69 Å². The molecule has 1 aliphatic heterocycles. The maximum atomic E-state index is 10.7. The Morgan fingerprint density at radius 2 is 2.45 bits per heavy atom. The molecule has 1 fully saturated rings. The maximum absolute atomic E-state index is 10.7. The van der Waals surface area contributed by atoms with Gasteiger partial charge in [-0.2, -0.15) is 0 Å². The number of nitro groups is 1. The average Bonchev–Trinajstić information content (AvgIpc) is 2.46. The molecule has 2 rings (SSSR count). The first-order valence-electron chi connectivity index (χ1n) is 6.90. The van der Waals surface area contributed by atoms with E-state index in [1.165, 1.54) is 12.3 Å². The summed E-state index contributed by atoms with van der Waals surface area (Å²) in [6, 6.07) is 1.72. The molecule has 0 spiro atoms. The van der Waals surface area contributed by atoms with E-state index < -0.39 is 4.92 Å². The summed E-state index contributed by atoms with van der Waals surface area (Å²) in [6.07, 6.45) is 4.46. The summed E-state index contributed by atoms with van der Waals surface area (Å²) in [5.74, 6) is 0.646. The van der Waals surface area contributed by atoms with Gasteiger partial charge in [0.25, 0.3) is 5.69 Å². The molecule has 1 atom stereocenters. The fraction of sp³-hybridized carbons (Fsp3) is 0.615. The second-order valence-electron chi connectivity index (χ2n) is 4.95. The third-order valence-corrected chi connectivity index (χ3v) is 3.74. The molecule has 6 nitrogen and oxygen atoms in total. The van der Waals surface area contributed by atoms with Gasteiger partial charge >= 0.3 is 0 Å². The van der Waals surface area contributed by atoms with Crippen molar-refractivity contribution < 1.29 is 4.92 Å². The van der Waals surface area contributed by atoms with Gasteiger partial charge in [0, 0.05) is 25.2 Å². The van der Waals surface area contributed by atoms with Crippen molar-refractivity contribution in [2.45, 2.75) is 32.2 Å². The molecule has 0 aliphatic carbocycles. The van der Waals surface area contributed by atoms with Gasteiger partial charge in [-0.15, -0.1) is 0 Å². The third-order valence-electron chi connectivity index (χ3n) is 3.47. The Labute approximate surface area is 123 Å². The summed E-state index contributed by atoms with van der Waals surface area (Å²) in [5, 5.41) is 14.5. The summed E-state index contributed by atoms with van der Waals surface area (Å²) in [6.45, 7) is 4.88. The van der Waals surface area contributed by atoms with Gasteiger partial charge in [-0.25, -0.2) is 4.98 Å². The molecule has 2 heterocycles. The van der Waals surface area contributed by atoms with Crippen LogP contribution in [0.4, 0.5) is 11.5 Å². The van der Waals surface area contributed by atoms with E-state index in [0.29, 0.717) is 16.9 Å². The maximum Gasteiger partial charge on any atom is 0.289 e. The smallest absolute Gasteiger partial charge is 0.289 e. The zero-order valence-corrected chi connectivity index (χ0v) is 12.3. The molecule has 0 radical (unpaired) electrons. The Bertz CT molecular complexity index is 477. The van der Waals surface area contributed by atoms with E-state index in [9.17, 15) is 10.1 Å². The number of piperidine rings is 1. The summed E-state index contributed by atoms with van der Waals surface area (Å²) < 4.78 is 0. The van der Waals surface area contributed by atoms with Crippen LogP contribution in [0.25, 0.3) is 0 Å². The number of hydrogen-bond donors (Lipinski definition) is 1. The van der Waals surface area contributed by atoms with Crippen molar-refractivity contribution in [3.63, 3.8) is 0 Å². The predicted octanol–water partition coefficient (Wildman–Crippen LogP) is 2.61. The molecule has 1 N–H and O–H groups in total. The van der Waals surface area contributed by atoms with Crippen LogP contribution in [-0.4, -0.2) is 35.6 Å². The molecule has 1 aliphatic rings. The number of nitrogens with zero attached hydrogens (tertiary/aromatic N) is 3. The van der Waals surface area contributed by atoms with Crippen LogP contribution in [-0.2, 0) is 0 Å². The highest BCUT2D eigenvalue weighted by Gasteiger charge is 2.24. The fourth-order valence-electron chi connectivity index (χ4n) is 2.53. The van der Waals surface area contributed by atoms with Gasteiger partial charge in [0.1, 0.15) is 12.0 Å². The minimum atomic E-state index is -0.477. The molecule has 0 bridgehead atoms. The quantitative estimate of drug-likeness (QED) is 0.668. The van der Waals surface area contributed by atoms with Gasteiger partial charge in [0.15, 0.2) is 0 Å². The molecule has 1 saturated heterocycles.